The first-order valence-corrected chi connectivity index (χ1v) is 7.92. The average molecular weight is 346 g/mol. The second-order valence-electron chi connectivity index (χ2n) is 7.26. The van der Waals surface area contributed by atoms with Gasteiger partial charge >= 0.3 is 12.1 Å². The normalized spacial score (nSPS) is 23.0. The molecule has 0 spiro atoms. The number of nitrogens with one attached hydrogen (secondary N) is 1. The number of carboxylic acid groups (broad SMARTS) is 1. The predicted molar refractivity (Wildman–Crippen MR) is 90.0 cm³/mol. The van der Waals surface area contributed by atoms with E-state index in [1.165, 1.54) is 18.0 Å². The zero-order chi connectivity index (χ0) is 18.8. The highest BCUT2D eigenvalue weighted by molar-refractivity contribution is 5.85. The molecule has 2 rings (SSSR count). The number of likely N-dealkylation sites (tertiary alicyclic amines) is 1. The first kappa shape index (κ1) is 18.5. The molecule has 0 saturated carbocycles. The lowest BCUT2D eigenvalue weighted by Gasteiger charge is -2.32. The topological polar surface area (TPSA) is 116 Å². The number of hydrogen-bond donors (Lipinski definition) is 2. The van der Waals surface area contributed by atoms with Gasteiger partial charge in [-0.15, -0.1) is 0 Å². The summed E-state index contributed by atoms with van der Waals surface area (Å²) < 4.78 is 5.34. The number of anilines is 1. The smallest absolute Gasteiger partial charge is 0.411 e. The zero-order valence-corrected chi connectivity index (χ0v) is 14.7. The number of aliphatic carboxylic acids is 1. The first-order valence-electron chi connectivity index (χ1n) is 7.92. The van der Waals surface area contributed by atoms with Crippen molar-refractivity contribution in [3.8, 4) is 6.07 Å². The fourth-order valence-corrected chi connectivity index (χ4v) is 2.72. The van der Waals surface area contributed by atoms with Crippen molar-refractivity contribution in [1.82, 2.24) is 9.88 Å². The Bertz CT molecular complexity index is 705. The van der Waals surface area contributed by atoms with Gasteiger partial charge in [-0.2, -0.15) is 5.26 Å². The van der Waals surface area contributed by atoms with Gasteiger partial charge in [0.05, 0.1) is 5.56 Å². The minimum atomic E-state index is -1.37. The standard InChI is InChI=1S/C17H22N4O4/c1-16(2,3)25-15(24)21-10-12(7-17(21,4)14(22)23)20-13-6-5-11(8-18)9-19-13/h5-6,9,12H,7,10H2,1-4H3,(H,19,20)(H,22,23)/t12-,17+/m1/s1. The molecule has 1 aliphatic rings. The van der Waals surface area contributed by atoms with E-state index < -0.39 is 23.2 Å². The molecular weight excluding hydrogens is 324 g/mol. The SMILES string of the molecule is CC(C)(C)OC(=O)N1C[C@H](Nc2ccc(C#N)cn2)C[C@@]1(C)C(=O)O. The number of ether oxygens (including phenoxy) is 1. The summed E-state index contributed by atoms with van der Waals surface area (Å²) in [4.78, 5) is 29.5. The molecule has 8 heteroatoms. The molecule has 134 valence electrons. The molecule has 1 aliphatic heterocycles. The molecule has 0 radical (unpaired) electrons. The third kappa shape index (κ3) is 4.18. The number of hydrogen-bond acceptors (Lipinski definition) is 6. The van der Waals surface area contributed by atoms with E-state index in [1.807, 2.05) is 6.07 Å². The van der Waals surface area contributed by atoms with Crippen LogP contribution in [0.3, 0.4) is 0 Å². The first-order chi connectivity index (χ1) is 11.5. The second-order valence-corrected chi connectivity index (χ2v) is 7.26. The van der Waals surface area contributed by atoms with Crippen LogP contribution in [-0.2, 0) is 9.53 Å². The molecule has 2 atom stereocenters. The second kappa shape index (κ2) is 6.59. The van der Waals surface area contributed by atoms with Crippen LogP contribution in [0.1, 0.15) is 39.7 Å². The molecule has 0 unspecified atom stereocenters. The van der Waals surface area contributed by atoms with E-state index in [-0.39, 0.29) is 19.0 Å². The fourth-order valence-electron chi connectivity index (χ4n) is 2.72. The van der Waals surface area contributed by atoms with Gasteiger partial charge in [0.25, 0.3) is 0 Å². The summed E-state index contributed by atoms with van der Waals surface area (Å²) in [6, 6.07) is 4.95. The Hall–Kier alpha value is -2.82. The zero-order valence-electron chi connectivity index (χ0n) is 14.7. The van der Waals surface area contributed by atoms with Gasteiger partial charge in [0.2, 0.25) is 0 Å². The van der Waals surface area contributed by atoms with Crippen molar-refractivity contribution < 1.29 is 19.4 Å². The highest BCUT2D eigenvalue weighted by Crippen LogP contribution is 2.32. The number of amides is 1. The van der Waals surface area contributed by atoms with Crippen molar-refractivity contribution in [2.24, 2.45) is 0 Å². The van der Waals surface area contributed by atoms with Crippen molar-refractivity contribution in [2.75, 3.05) is 11.9 Å². The van der Waals surface area contributed by atoms with Gasteiger partial charge in [-0.25, -0.2) is 14.6 Å². The van der Waals surface area contributed by atoms with Crippen LogP contribution in [0.15, 0.2) is 18.3 Å². The number of carbonyl (C=O) groups excluding carboxylic acids is 1. The van der Waals surface area contributed by atoms with Crippen molar-refractivity contribution in [1.29, 1.82) is 5.26 Å². The summed E-state index contributed by atoms with van der Waals surface area (Å²) in [5.74, 6) is -0.571. The van der Waals surface area contributed by atoms with Crippen molar-refractivity contribution in [3.63, 3.8) is 0 Å². The minimum absolute atomic E-state index is 0.180. The maximum atomic E-state index is 12.4. The highest BCUT2D eigenvalue weighted by Gasteiger charge is 2.51. The van der Waals surface area contributed by atoms with Crippen LogP contribution in [0.2, 0.25) is 0 Å². The maximum absolute atomic E-state index is 12.4. The van der Waals surface area contributed by atoms with E-state index in [4.69, 9.17) is 10.00 Å². The highest BCUT2D eigenvalue weighted by atomic mass is 16.6. The van der Waals surface area contributed by atoms with Gasteiger partial charge < -0.3 is 15.2 Å². The lowest BCUT2D eigenvalue weighted by Crippen LogP contribution is -2.52. The summed E-state index contributed by atoms with van der Waals surface area (Å²) >= 11 is 0. The Balaban J connectivity index is 2.16. The van der Waals surface area contributed by atoms with E-state index in [0.717, 1.165) is 0 Å². The van der Waals surface area contributed by atoms with Gasteiger partial charge in [0, 0.05) is 25.2 Å². The number of pyridine rings is 1. The van der Waals surface area contributed by atoms with Crippen LogP contribution in [-0.4, -0.2) is 50.8 Å². The summed E-state index contributed by atoms with van der Waals surface area (Å²) in [6.07, 6.45) is 0.984. The molecule has 0 aromatic carbocycles. The van der Waals surface area contributed by atoms with E-state index in [0.29, 0.717) is 11.4 Å². The van der Waals surface area contributed by atoms with Crippen LogP contribution in [0.25, 0.3) is 0 Å². The third-order valence-electron chi connectivity index (χ3n) is 3.96. The molecule has 1 saturated heterocycles. The third-order valence-corrected chi connectivity index (χ3v) is 3.96. The van der Waals surface area contributed by atoms with E-state index >= 15 is 0 Å². The summed E-state index contributed by atoms with van der Waals surface area (Å²) in [5.41, 5.74) is -1.65. The molecular formula is C17H22N4O4. The van der Waals surface area contributed by atoms with E-state index in [2.05, 4.69) is 10.3 Å². The number of nitrogens with zero attached hydrogens (tertiary/aromatic N) is 3. The minimum Gasteiger partial charge on any atom is -0.480 e. The molecule has 8 nitrogen and oxygen atoms in total. The van der Waals surface area contributed by atoms with E-state index in [9.17, 15) is 14.7 Å². The van der Waals surface area contributed by atoms with Gasteiger partial charge in [0.1, 0.15) is 23.0 Å². The monoisotopic (exact) mass is 346 g/mol. The molecule has 0 bridgehead atoms. The van der Waals surface area contributed by atoms with Gasteiger partial charge in [-0.1, -0.05) is 0 Å². The Morgan fingerprint density at radius 2 is 2.16 bits per heavy atom. The van der Waals surface area contributed by atoms with Crippen LogP contribution < -0.4 is 5.32 Å². The van der Waals surface area contributed by atoms with Crippen molar-refractivity contribution in [3.05, 3.63) is 23.9 Å². The Morgan fingerprint density at radius 1 is 1.48 bits per heavy atom. The number of rotatable bonds is 3. The Morgan fingerprint density at radius 3 is 2.64 bits per heavy atom. The maximum Gasteiger partial charge on any atom is 0.411 e. The lowest BCUT2D eigenvalue weighted by molar-refractivity contribution is -0.148. The summed E-state index contributed by atoms with van der Waals surface area (Å²) in [5, 5.41) is 21.5. The van der Waals surface area contributed by atoms with Crippen LogP contribution in [0, 0.1) is 11.3 Å². The van der Waals surface area contributed by atoms with Crippen molar-refractivity contribution in [2.45, 2.75) is 51.3 Å². The molecule has 1 aromatic rings. The number of aromatic nitrogens is 1. The summed E-state index contributed by atoms with van der Waals surface area (Å²) in [7, 11) is 0. The summed E-state index contributed by atoms with van der Waals surface area (Å²) in [6.45, 7) is 6.88. The molecule has 25 heavy (non-hydrogen) atoms. The van der Waals surface area contributed by atoms with Crippen LogP contribution in [0.5, 0.6) is 0 Å². The molecule has 2 N–H and O–H groups in total. The van der Waals surface area contributed by atoms with Crippen molar-refractivity contribution >= 4 is 17.9 Å². The van der Waals surface area contributed by atoms with Crippen LogP contribution >= 0.6 is 0 Å². The molecule has 2 heterocycles. The largest absolute Gasteiger partial charge is 0.480 e. The Labute approximate surface area is 146 Å². The quantitative estimate of drug-likeness (QED) is 0.862. The molecule has 0 aliphatic carbocycles. The number of carboxylic acids is 1. The Kier molecular flexibility index (Phi) is 4.88. The number of carbonyl (C=O) groups is 2. The predicted octanol–water partition coefficient (Wildman–Crippen LogP) is 2.22. The van der Waals surface area contributed by atoms with Gasteiger partial charge in [-0.05, 0) is 39.8 Å². The van der Waals surface area contributed by atoms with Crippen LogP contribution in [0.4, 0.5) is 10.6 Å². The molecule has 1 fully saturated rings. The van der Waals surface area contributed by atoms with Gasteiger partial charge in [-0.3, -0.25) is 4.90 Å². The number of nitriles is 1. The average Bonchev–Trinajstić information content (AvgIpc) is 2.84. The molecule has 1 aromatic heterocycles. The lowest BCUT2D eigenvalue weighted by atomic mass is 9.98. The molecule has 1 amide bonds. The van der Waals surface area contributed by atoms with E-state index in [1.54, 1.807) is 32.9 Å². The fraction of sp³-hybridized carbons (Fsp3) is 0.529. The van der Waals surface area contributed by atoms with Gasteiger partial charge in [0.15, 0.2) is 0 Å².